The first-order chi connectivity index (χ1) is 12.5. The lowest BCUT2D eigenvalue weighted by atomic mass is 10.3. The van der Waals surface area contributed by atoms with Gasteiger partial charge in [0.2, 0.25) is 11.7 Å². The lowest BCUT2D eigenvalue weighted by Gasteiger charge is -2.13. The summed E-state index contributed by atoms with van der Waals surface area (Å²) in [6, 6.07) is 5.29. The van der Waals surface area contributed by atoms with Gasteiger partial charge in [-0.2, -0.15) is 23.8 Å². The Hall–Kier alpha value is -2.53. The average Bonchev–Trinajstić information content (AvgIpc) is 3.02. The zero-order valence-corrected chi connectivity index (χ0v) is 15.0. The van der Waals surface area contributed by atoms with Crippen LogP contribution in [-0.2, 0) is 0 Å². The molecule has 0 fully saturated rings. The first-order valence-corrected chi connectivity index (χ1v) is 8.22. The highest BCUT2D eigenvalue weighted by Crippen LogP contribution is 2.37. The average molecular weight is 404 g/mol. The Bertz CT molecular complexity index is 902. The van der Waals surface area contributed by atoms with Crippen LogP contribution in [0.5, 0.6) is 17.5 Å². The molecule has 0 bridgehead atoms. The lowest BCUT2D eigenvalue weighted by molar-refractivity contribution is -0.0533. The Morgan fingerprint density at radius 2 is 1.88 bits per heavy atom. The van der Waals surface area contributed by atoms with Crippen LogP contribution in [-0.4, -0.2) is 41.0 Å². The second kappa shape index (κ2) is 7.79. The van der Waals surface area contributed by atoms with Crippen molar-refractivity contribution in [2.45, 2.75) is 11.6 Å². The van der Waals surface area contributed by atoms with Gasteiger partial charge in [0.25, 0.3) is 11.8 Å². The number of fused-ring (bicyclic) bond motifs is 1. The standard InChI is InChI=1S/C14H12ClF2N5O3S/c1-23-10-9(25-13(16)17)11(24-2)19-14(18-10)22-26-12-7-4-3-6(15)5-8(7)20-21-12/h3-5,13H,1-2H3,(H,20,21)(H,18,19,22). The van der Waals surface area contributed by atoms with E-state index in [4.69, 9.17) is 21.1 Å². The molecule has 0 aliphatic heterocycles. The summed E-state index contributed by atoms with van der Waals surface area (Å²) in [5.41, 5.74) is 0.763. The number of aromatic amines is 1. The smallest absolute Gasteiger partial charge is 0.387 e. The molecule has 0 saturated carbocycles. The van der Waals surface area contributed by atoms with E-state index in [1.165, 1.54) is 14.2 Å². The third kappa shape index (κ3) is 3.83. The minimum absolute atomic E-state index is 0.0652. The SMILES string of the molecule is COc1nc(NSc2n[nH]c3cc(Cl)ccc23)nc(OC)c1OC(F)F. The molecule has 0 saturated heterocycles. The number of aromatic nitrogens is 4. The van der Waals surface area contributed by atoms with Gasteiger partial charge < -0.3 is 14.2 Å². The molecule has 12 heteroatoms. The van der Waals surface area contributed by atoms with E-state index in [-0.39, 0.29) is 23.5 Å². The predicted molar refractivity (Wildman–Crippen MR) is 92.4 cm³/mol. The highest BCUT2D eigenvalue weighted by atomic mass is 35.5. The quantitative estimate of drug-likeness (QED) is 0.576. The van der Waals surface area contributed by atoms with E-state index in [9.17, 15) is 8.78 Å². The van der Waals surface area contributed by atoms with Gasteiger partial charge in [-0.1, -0.05) is 11.6 Å². The number of alkyl halides is 2. The highest BCUT2D eigenvalue weighted by Gasteiger charge is 2.21. The molecule has 138 valence electrons. The zero-order valence-electron chi connectivity index (χ0n) is 13.4. The fourth-order valence-corrected chi connectivity index (χ4v) is 2.89. The van der Waals surface area contributed by atoms with Crippen molar-refractivity contribution in [3.8, 4) is 17.5 Å². The van der Waals surface area contributed by atoms with Crippen molar-refractivity contribution in [2.75, 3.05) is 18.9 Å². The van der Waals surface area contributed by atoms with E-state index in [0.717, 1.165) is 22.9 Å². The fourth-order valence-electron chi connectivity index (χ4n) is 2.06. The minimum Gasteiger partial charge on any atom is -0.478 e. The summed E-state index contributed by atoms with van der Waals surface area (Å²) >= 11 is 7.05. The second-order valence-corrected chi connectivity index (χ2v) is 5.93. The van der Waals surface area contributed by atoms with Gasteiger partial charge in [0.05, 0.1) is 19.7 Å². The molecule has 0 atom stereocenters. The van der Waals surface area contributed by atoms with E-state index in [1.54, 1.807) is 12.1 Å². The largest absolute Gasteiger partial charge is 0.478 e. The lowest BCUT2D eigenvalue weighted by Crippen LogP contribution is -2.08. The molecule has 2 aromatic heterocycles. The van der Waals surface area contributed by atoms with Crippen LogP contribution in [0.15, 0.2) is 23.2 Å². The van der Waals surface area contributed by atoms with Crippen molar-refractivity contribution >= 4 is 40.4 Å². The van der Waals surface area contributed by atoms with Crippen molar-refractivity contribution in [1.29, 1.82) is 0 Å². The summed E-state index contributed by atoms with van der Waals surface area (Å²) < 4.78 is 42.2. The van der Waals surface area contributed by atoms with Gasteiger partial charge in [0.15, 0.2) is 0 Å². The Balaban J connectivity index is 1.85. The number of nitrogens with zero attached hydrogens (tertiary/aromatic N) is 3. The molecule has 3 aromatic rings. The number of rotatable bonds is 7. The topological polar surface area (TPSA) is 94.2 Å². The molecule has 0 spiro atoms. The number of benzene rings is 1. The molecule has 0 aliphatic carbocycles. The van der Waals surface area contributed by atoms with E-state index >= 15 is 0 Å². The Kier molecular flexibility index (Phi) is 5.47. The van der Waals surface area contributed by atoms with Gasteiger partial charge in [-0.05, 0) is 18.2 Å². The maximum absolute atomic E-state index is 12.5. The van der Waals surface area contributed by atoms with Gasteiger partial charge in [0, 0.05) is 22.4 Å². The van der Waals surface area contributed by atoms with Crippen molar-refractivity contribution in [3.05, 3.63) is 23.2 Å². The number of methoxy groups -OCH3 is 2. The number of anilines is 1. The van der Waals surface area contributed by atoms with Crippen LogP contribution < -0.4 is 18.9 Å². The number of ether oxygens (including phenoxy) is 3. The van der Waals surface area contributed by atoms with Gasteiger partial charge in [-0.25, -0.2) is 0 Å². The molecule has 1 aromatic carbocycles. The van der Waals surface area contributed by atoms with Gasteiger partial charge >= 0.3 is 6.61 Å². The summed E-state index contributed by atoms with van der Waals surface area (Å²) in [5.74, 6) is -0.714. The third-order valence-electron chi connectivity index (χ3n) is 3.13. The van der Waals surface area contributed by atoms with Crippen LogP contribution in [0.3, 0.4) is 0 Å². The molecule has 0 aliphatic rings. The van der Waals surface area contributed by atoms with Crippen LogP contribution in [0.25, 0.3) is 10.9 Å². The zero-order chi connectivity index (χ0) is 18.7. The first kappa shape index (κ1) is 18.3. The summed E-state index contributed by atoms with van der Waals surface area (Å²) in [5, 5.41) is 9.06. The molecular formula is C14H12ClF2N5O3S. The van der Waals surface area contributed by atoms with Crippen LogP contribution >= 0.6 is 23.5 Å². The molecule has 0 amide bonds. The van der Waals surface area contributed by atoms with Gasteiger partial charge in [0.1, 0.15) is 5.03 Å². The molecular weight excluding hydrogens is 392 g/mol. The number of hydrogen-bond acceptors (Lipinski definition) is 8. The number of halogens is 3. The molecule has 3 rings (SSSR count). The molecule has 0 unspecified atom stereocenters. The highest BCUT2D eigenvalue weighted by molar-refractivity contribution is 8.00. The summed E-state index contributed by atoms with van der Waals surface area (Å²) in [6.45, 7) is -3.07. The normalized spacial score (nSPS) is 11.0. The Morgan fingerprint density at radius 1 is 1.19 bits per heavy atom. The van der Waals surface area contributed by atoms with Crippen molar-refractivity contribution in [2.24, 2.45) is 0 Å². The van der Waals surface area contributed by atoms with Crippen LogP contribution in [0.4, 0.5) is 14.7 Å². The summed E-state index contributed by atoms with van der Waals surface area (Å²) in [4.78, 5) is 7.97. The first-order valence-electron chi connectivity index (χ1n) is 7.03. The van der Waals surface area contributed by atoms with Crippen LogP contribution in [0.1, 0.15) is 0 Å². The second-order valence-electron chi connectivity index (χ2n) is 4.70. The number of hydrogen-bond donors (Lipinski definition) is 2. The van der Waals surface area contributed by atoms with Crippen molar-refractivity contribution < 1.29 is 23.0 Å². The van der Waals surface area contributed by atoms with E-state index in [0.29, 0.717) is 10.0 Å². The Morgan fingerprint density at radius 3 is 2.50 bits per heavy atom. The molecule has 0 radical (unpaired) electrons. The summed E-state index contributed by atoms with van der Waals surface area (Å²) in [7, 11) is 2.53. The fraction of sp³-hybridized carbons (Fsp3) is 0.214. The third-order valence-corrected chi connectivity index (χ3v) is 4.15. The van der Waals surface area contributed by atoms with Crippen molar-refractivity contribution in [3.63, 3.8) is 0 Å². The monoisotopic (exact) mass is 403 g/mol. The summed E-state index contributed by atoms with van der Waals surface area (Å²) in [6.07, 6.45) is 0. The maximum Gasteiger partial charge on any atom is 0.387 e. The number of H-pyrrole nitrogens is 1. The predicted octanol–water partition coefficient (Wildman–Crippen LogP) is 3.74. The van der Waals surface area contributed by atoms with E-state index < -0.39 is 6.61 Å². The van der Waals surface area contributed by atoms with Crippen molar-refractivity contribution in [1.82, 2.24) is 20.2 Å². The molecule has 2 heterocycles. The Labute approximate surface area is 155 Å². The van der Waals surface area contributed by atoms with Crippen LogP contribution in [0, 0.1) is 0 Å². The minimum atomic E-state index is -3.07. The van der Waals surface area contributed by atoms with Crippen LogP contribution in [0.2, 0.25) is 5.02 Å². The van der Waals surface area contributed by atoms with Gasteiger partial charge in [-0.15, -0.1) is 0 Å². The molecule has 8 nitrogen and oxygen atoms in total. The number of nitrogens with one attached hydrogen (secondary N) is 2. The van der Waals surface area contributed by atoms with E-state index in [2.05, 4.69) is 29.6 Å². The molecule has 2 N–H and O–H groups in total. The van der Waals surface area contributed by atoms with E-state index in [1.807, 2.05) is 6.07 Å². The maximum atomic E-state index is 12.5. The van der Waals surface area contributed by atoms with Gasteiger partial charge in [-0.3, -0.25) is 9.82 Å². The molecule has 26 heavy (non-hydrogen) atoms.